The summed E-state index contributed by atoms with van der Waals surface area (Å²) in [6, 6.07) is 4.69. The van der Waals surface area contributed by atoms with Crippen molar-refractivity contribution in [1.82, 2.24) is 14.7 Å². The van der Waals surface area contributed by atoms with Crippen LogP contribution in [-0.2, 0) is 4.79 Å². The quantitative estimate of drug-likeness (QED) is 0.868. The van der Waals surface area contributed by atoms with Gasteiger partial charge in [0.2, 0.25) is 0 Å². The van der Waals surface area contributed by atoms with E-state index in [4.69, 9.17) is 5.11 Å². The number of fused-ring (bicyclic) bond motifs is 1. The van der Waals surface area contributed by atoms with Gasteiger partial charge in [-0.3, -0.25) is 4.79 Å². The second-order valence-corrected chi connectivity index (χ2v) is 4.67. The van der Waals surface area contributed by atoms with Gasteiger partial charge in [0.15, 0.2) is 0 Å². The normalized spacial score (nSPS) is 12.3. The van der Waals surface area contributed by atoms with E-state index in [9.17, 15) is 9.59 Å². The van der Waals surface area contributed by atoms with Gasteiger partial charge in [-0.1, -0.05) is 19.4 Å². The van der Waals surface area contributed by atoms with Crippen molar-refractivity contribution in [1.29, 1.82) is 0 Å². The molecule has 0 spiro atoms. The predicted molar refractivity (Wildman–Crippen MR) is 73.7 cm³/mol. The molecule has 106 valence electrons. The van der Waals surface area contributed by atoms with Crippen LogP contribution in [0.1, 0.15) is 35.9 Å². The SMILES string of the molecule is CCC[C@H](NC(=O)c1cn2c(C)cccc2n1)C(=O)O. The first-order valence-electron chi connectivity index (χ1n) is 6.51. The minimum absolute atomic E-state index is 0.224. The van der Waals surface area contributed by atoms with E-state index >= 15 is 0 Å². The van der Waals surface area contributed by atoms with Gasteiger partial charge in [0.25, 0.3) is 5.91 Å². The maximum Gasteiger partial charge on any atom is 0.326 e. The molecule has 0 radical (unpaired) electrons. The molecule has 20 heavy (non-hydrogen) atoms. The molecule has 2 heterocycles. The molecule has 6 nitrogen and oxygen atoms in total. The zero-order valence-corrected chi connectivity index (χ0v) is 11.5. The van der Waals surface area contributed by atoms with Gasteiger partial charge >= 0.3 is 5.97 Å². The van der Waals surface area contributed by atoms with Gasteiger partial charge in [-0.2, -0.15) is 0 Å². The highest BCUT2D eigenvalue weighted by atomic mass is 16.4. The third-order valence-corrected chi connectivity index (χ3v) is 3.11. The standard InChI is InChI=1S/C14H17N3O3/c1-3-5-10(14(19)20)16-13(18)11-8-17-9(2)6-4-7-12(17)15-11/h4,6-8,10H,3,5H2,1-2H3,(H,16,18)(H,19,20)/t10-/m0/s1. The van der Waals surface area contributed by atoms with Crippen LogP contribution in [0.25, 0.3) is 5.65 Å². The lowest BCUT2D eigenvalue weighted by Gasteiger charge is -2.12. The number of amides is 1. The Morgan fingerprint density at radius 2 is 2.20 bits per heavy atom. The Morgan fingerprint density at radius 3 is 2.80 bits per heavy atom. The number of carboxylic acids is 1. The number of nitrogens with one attached hydrogen (secondary N) is 1. The van der Waals surface area contributed by atoms with Crippen molar-refractivity contribution in [3.63, 3.8) is 0 Å². The van der Waals surface area contributed by atoms with Gasteiger partial charge in [0.05, 0.1) is 0 Å². The number of rotatable bonds is 5. The van der Waals surface area contributed by atoms with E-state index in [1.54, 1.807) is 16.7 Å². The summed E-state index contributed by atoms with van der Waals surface area (Å²) in [5.41, 5.74) is 1.84. The summed E-state index contributed by atoms with van der Waals surface area (Å²) in [7, 11) is 0. The maximum absolute atomic E-state index is 12.1. The van der Waals surface area contributed by atoms with Crippen LogP contribution in [0.3, 0.4) is 0 Å². The number of carboxylic acid groups (broad SMARTS) is 1. The van der Waals surface area contributed by atoms with Crippen molar-refractivity contribution in [2.24, 2.45) is 0 Å². The van der Waals surface area contributed by atoms with Crippen LogP contribution in [0.15, 0.2) is 24.4 Å². The van der Waals surface area contributed by atoms with E-state index in [-0.39, 0.29) is 5.69 Å². The molecule has 0 aliphatic heterocycles. The second kappa shape index (κ2) is 5.73. The van der Waals surface area contributed by atoms with Crippen molar-refractivity contribution in [3.8, 4) is 0 Å². The molecule has 0 fully saturated rings. The smallest absolute Gasteiger partial charge is 0.326 e. The number of aromatic nitrogens is 2. The van der Waals surface area contributed by atoms with Gasteiger partial charge in [-0.15, -0.1) is 0 Å². The summed E-state index contributed by atoms with van der Waals surface area (Å²) in [5, 5.41) is 11.5. The molecule has 0 aromatic carbocycles. The molecule has 1 amide bonds. The van der Waals surface area contributed by atoms with Gasteiger partial charge in [-0.05, 0) is 25.5 Å². The average Bonchev–Trinajstić information content (AvgIpc) is 2.83. The fraction of sp³-hybridized carbons (Fsp3) is 0.357. The van der Waals surface area contributed by atoms with E-state index in [0.717, 1.165) is 5.69 Å². The topological polar surface area (TPSA) is 83.7 Å². The fourth-order valence-corrected chi connectivity index (χ4v) is 2.04. The Balaban J connectivity index is 2.22. The number of hydrogen-bond acceptors (Lipinski definition) is 3. The van der Waals surface area contributed by atoms with Gasteiger partial charge in [0.1, 0.15) is 17.4 Å². The van der Waals surface area contributed by atoms with Gasteiger partial charge < -0.3 is 14.8 Å². The van der Waals surface area contributed by atoms with Crippen molar-refractivity contribution in [2.75, 3.05) is 0 Å². The molecule has 2 aromatic heterocycles. The highest BCUT2D eigenvalue weighted by molar-refractivity contribution is 5.95. The van der Waals surface area contributed by atoms with Crippen LogP contribution >= 0.6 is 0 Å². The number of pyridine rings is 1. The van der Waals surface area contributed by atoms with Crippen LogP contribution in [0.2, 0.25) is 0 Å². The van der Waals surface area contributed by atoms with E-state index < -0.39 is 17.9 Å². The predicted octanol–water partition coefficient (Wildman–Crippen LogP) is 1.63. The summed E-state index contributed by atoms with van der Waals surface area (Å²) in [6.45, 7) is 3.78. The summed E-state index contributed by atoms with van der Waals surface area (Å²) in [4.78, 5) is 27.3. The van der Waals surface area contributed by atoms with Crippen molar-refractivity contribution < 1.29 is 14.7 Å². The molecular weight excluding hydrogens is 258 g/mol. The van der Waals surface area contributed by atoms with E-state index in [2.05, 4.69) is 10.3 Å². The number of hydrogen-bond donors (Lipinski definition) is 2. The van der Waals surface area contributed by atoms with E-state index in [1.807, 2.05) is 26.0 Å². The largest absolute Gasteiger partial charge is 0.480 e. The summed E-state index contributed by atoms with van der Waals surface area (Å²) >= 11 is 0. The van der Waals surface area contributed by atoms with Crippen LogP contribution in [0.4, 0.5) is 0 Å². The van der Waals surface area contributed by atoms with Crippen LogP contribution in [0, 0.1) is 6.92 Å². The molecule has 0 saturated heterocycles. The highest BCUT2D eigenvalue weighted by Crippen LogP contribution is 2.09. The third kappa shape index (κ3) is 2.79. The Kier molecular flexibility index (Phi) is 4.02. The van der Waals surface area contributed by atoms with Gasteiger partial charge in [0, 0.05) is 11.9 Å². The number of carbonyl (C=O) groups is 2. The highest BCUT2D eigenvalue weighted by Gasteiger charge is 2.21. The first-order chi connectivity index (χ1) is 9.52. The molecular formula is C14H17N3O3. The third-order valence-electron chi connectivity index (χ3n) is 3.11. The summed E-state index contributed by atoms with van der Waals surface area (Å²) < 4.78 is 1.80. The zero-order chi connectivity index (χ0) is 14.7. The lowest BCUT2D eigenvalue weighted by Crippen LogP contribution is -2.40. The minimum Gasteiger partial charge on any atom is -0.480 e. The van der Waals surface area contributed by atoms with E-state index in [1.165, 1.54) is 0 Å². The first kappa shape index (κ1) is 14.0. The summed E-state index contributed by atoms with van der Waals surface area (Å²) in [6.07, 6.45) is 2.69. The van der Waals surface area contributed by atoms with Crippen molar-refractivity contribution >= 4 is 17.5 Å². The van der Waals surface area contributed by atoms with Crippen molar-refractivity contribution in [2.45, 2.75) is 32.7 Å². The summed E-state index contributed by atoms with van der Waals surface area (Å²) in [5.74, 6) is -1.49. The fourth-order valence-electron chi connectivity index (χ4n) is 2.04. The molecule has 6 heteroatoms. The molecule has 0 aliphatic carbocycles. The zero-order valence-electron chi connectivity index (χ0n) is 11.5. The van der Waals surface area contributed by atoms with Crippen LogP contribution < -0.4 is 5.32 Å². The Labute approximate surface area is 116 Å². The number of imidazole rings is 1. The first-order valence-corrected chi connectivity index (χ1v) is 6.51. The molecule has 2 N–H and O–H groups in total. The average molecular weight is 275 g/mol. The van der Waals surface area contributed by atoms with E-state index in [0.29, 0.717) is 18.5 Å². The lowest BCUT2D eigenvalue weighted by molar-refractivity contribution is -0.139. The second-order valence-electron chi connectivity index (χ2n) is 4.67. The maximum atomic E-state index is 12.1. The Bertz CT molecular complexity index is 648. The monoisotopic (exact) mass is 275 g/mol. The molecule has 0 unspecified atom stereocenters. The molecule has 2 aromatic rings. The molecule has 0 bridgehead atoms. The number of aryl methyl sites for hydroxylation is 1. The Morgan fingerprint density at radius 1 is 1.45 bits per heavy atom. The molecule has 2 rings (SSSR count). The number of nitrogens with zero attached hydrogens (tertiary/aromatic N) is 2. The number of carbonyl (C=O) groups excluding carboxylic acids is 1. The van der Waals surface area contributed by atoms with Gasteiger partial charge in [-0.25, -0.2) is 9.78 Å². The molecule has 1 atom stereocenters. The molecule has 0 aliphatic rings. The lowest BCUT2D eigenvalue weighted by atomic mass is 10.1. The molecule has 0 saturated carbocycles. The van der Waals surface area contributed by atoms with Crippen molar-refractivity contribution in [3.05, 3.63) is 35.8 Å². The number of aliphatic carboxylic acids is 1. The minimum atomic E-state index is -1.03. The van der Waals surface area contributed by atoms with Crippen LogP contribution in [0.5, 0.6) is 0 Å². The Hall–Kier alpha value is -2.37. The van der Waals surface area contributed by atoms with Crippen LogP contribution in [-0.4, -0.2) is 32.4 Å².